The van der Waals surface area contributed by atoms with E-state index in [4.69, 9.17) is 4.74 Å². The zero-order chi connectivity index (χ0) is 22.1. The van der Waals surface area contributed by atoms with Crippen molar-refractivity contribution in [1.82, 2.24) is 19.2 Å². The van der Waals surface area contributed by atoms with E-state index in [0.29, 0.717) is 25.4 Å². The van der Waals surface area contributed by atoms with E-state index in [2.05, 4.69) is 14.3 Å². The number of methoxy groups -OCH3 is 1. The number of aromatic nitrogens is 2. The number of rotatable bonds is 5. The molecule has 0 bridgehead atoms. The van der Waals surface area contributed by atoms with Crippen LogP contribution in [0.2, 0.25) is 0 Å². The topological polar surface area (TPSA) is 70.4 Å². The van der Waals surface area contributed by atoms with E-state index < -0.39 is 0 Å². The van der Waals surface area contributed by atoms with Crippen molar-refractivity contribution in [3.8, 4) is 5.75 Å². The van der Waals surface area contributed by atoms with Crippen LogP contribution in [0.1, 0.15) is 12.1 Å². The number of nitrogens with zero attached hydrogens (tertiary/aromatic N) is 5. The number of amides is 2. The lowest BCUT2D eigenvalue weighted by Crippen LogP contribution is -2.50. The lowest BCUT2D eigenvalue weighted by molar-refractivity contribution is -0.137. The van der Waals surface area contributed by atoms with E-state index in [1.165, 1.54) is 0 Å². The van der Waals surface area contributed by atoms with Gasteiger partial charge in [0, 0.05) is 63.6 Å². The highest BCUT2D eigenvalue weighted by atomic mass is 16.5. The molecule has 2 aliphatic heterocycles. The van der Waals surface area contributed by atoms with Crippen molar-refractivity contribution < 1.29 is 14.3 Å². The van der Waals surface area contributed by atoms with E-state index in [9.17, 15) is 9.59 Å². The Bertz CT molecular complexity index is 1140. The van der Waals surface area contributed by atoms with Gasteiger partial charge in [0.25, 0.3) is 0 Å². The summed E-state index contributed by atoms with van der Waals surface area (Å²) in [6, 6.07) is 13.4. The summed E-state index contributed by atoms with van der Waals surface area (Å²) < 4.78 is 7.37. The average molecular weight is 434 g/mol. The van der Waals surface area contributed by atoms with Crippen molar-refractivity contribution >= 4 is 23.1 Å². The lowest BCUT2D eigenvalue weighted by Gasteiger charge is -2.35. The van der Waals surface area contributed by atoms with Gasteiger partial charge in [-0.2, -0.15) is 0 Å². The Morgan fingerprint density at radius 3 is 2.78 bits per heavy atom. The second-order valence-corrected chi connectivity index (χ2v) is 8.39. The molecule has 3 aromatic rings. The minimum absolute atomic E-state index is 0.0113. The number of hydrogen-bond acceptors (Lipinski definition) is 5. The van der Waals surface area contributed by atoms with Gasteiger partial charge in [-0.1, -0.05) is 12.1 Å². The molecular formula is C24H27N5O3. The van der Waals surface area contributed by atoms with Crippen LogP contribution in [0.3, 0.4) is 0 Å². The summed E-state index contributed by atoms with van der Waals surface area (Å²) in [6.07, 6.45) is 4.21. The molecule has 2 saturated heterocycles. The first-order chi connectivity index (χ1) is 15.6. The number of carbonyl (C=O) groups is 2. The van der Waals surface area contributed by atoms with Crippen LogP contribution in [0.25, 0.3) is 5.65 Å². The molecule has 2 aliphatic rings. The smallest absolute Gasteiger partial charge is 0.228 e. The first-order valence-electron chi connectivity index (χ1n) is 11.0. The molecule has 0 spiro atoms. The maximum Gasteiger partial charge on any atom is 0.228 e. The Morgan fingerprint density at radius 2 is 1.97 bits per heavy atom. The number of ether oxygens (including phenoxy) is 1. The van der Waals surface area contributed by atoms with E-state index in [0.717, 1.165) is 36.7 Å². The molecule has 4 heterocycles. The van der Waals surface area contributed by atoms with Crippen LogP contribution in [-0.2, 0) is 16.1 Å². The van der Waals surface area contributed by atoms with Crippen LogP contribution >= 0.6 is 0 Å². The SMILES string of the molecule is COc1cccc(N2CC(C(=O)N3CCN(Cc4cnc5ccccn45)CC3)CC2=O)c1. The second-order valence-electron chi connectivity index (χ2n) is 8.39. The van der Waals surface area contributed by atoms with Gasteiger partial charge >= 0.3 is 0 Å². The largest absolute Gasteiger partial charge is 0.497 e. The predicted molar refractivity (Wildman–Crippen MR) is 121 cm³/mol. The predicted octanol–water partition coefficient (Wildman–Crippen LogP) is 2.04. The van der Waals surface area contributed by atoms with Gasteiger partial charge < -0.3 is 18.9 Å². The maximum atomic E-state index is 13.1. The lowest BCUT2D eigenvalue weighted by atomic mass is 10.1. The highest BCUT2D eigenvalue weighted by Gasteiger charge is 2.38. The highest BCUT2D eigenvalue weighted by molar-refractivity contribution is 6.00. The maximum absolute atomic E-state index is 13.1. The number of carbonyl (C=O) groups excluding carboxylic acids is 2. The zero-order valence-electron chi connectivity index (χ0n) is 18.2. The van der Waals surface area contributed by atoms with Gasteiger partial charge in [-0.05, 0) is 24.3 Å². The fraction of sp³-hybridized carbons (Fsp3) is 0.375. The molecule has 5 rings (SSSR count). The number of piperazine rings is 1. The molecule has 166 valence electrons. The Hall–Kier alpha value is -3.39. The molecular weight excluding hydrogens is 406 g/mol. The van der Waals surface area contributed by atoms with Crippen molar-refractivity contribution in [1.29, 1.82) is 0 Å². The number of anilines is 1. The van der Waals surface area contributed by atoms with E-state index in [-0.39, 0.29) is 24.2 Å². The first kappa shape index (κ1) is 20.5. The molecule has 0 radical (unpaired) electrons. The summed E-state index contributed by atoms with van der Waals surface area (Å²) in [7, 11) is 1.60. The molecule has 2 aromatic heterocycles. The van der Waals surface area contributed by atoms with E-state index >= 15 is 0 Å². The number of benzene rings is 1. The summed E-state index contributed by atoms with van der Waals surface area (Å²) in [6.45, 7) is 4.21. The third-order valence-electron chi connectivity index (χ3n) is 6.40. The summed E-state index contributed by atoms with van der Waals surface area (Å²) in [4.78, 5) is 36.2. The minimum Gasteiger partial charge on any atom is -0.497 e. The molecule has 2 amide bonds. The van der Waals surface area contributed by atoms with Crippen LogP contribution in [0.15, 0.2) is 54.9 Å². The average Bonchev–Trinajstić information content (AvgIpc) is 3.43. The van der Waals surface area contributed by atoms with Gasteiger partial charge in [0.2, 0.25) is 11.8 Å². The zero-order valence-corrected chi connectivity index (χ0v) is 18.2. The molecule has 8 nitrogen and oxygen atoms in total. The fourth-order valence-corrected chi connectivity index (χ4v) is 4.62. The number of pyridine rings is 1. The Kier molecular flexibility index (Phi) is 5.53. The molecule has 32 heavy (non-hydrogen) atoms. The van der Waals surface area contributed by atoms with E-state index in [1.54, 1.807) is 12.0 Å². The van der Waals surface area contributed by atoms with Crippen molar-refractivity contribution in [3.05, 3.63) is 60.6 Å². The van der Waals surface area contributed by atoms with Crippen molar-refractivity contribution in [3.63, 3.8) is 0 Å². The van der Waals surface area contributed by atoms with Gasteiger partial charge in [0.05, 0.1) is 24.9 Å². The number of hydrogen-bond donors (Lipinski definition) is 0. The highest BCUT2D eigenvalue weighted by Crippen LogP contribution is 2.29. The van der Waals surface area contributed by atoms with Crippen LogP contribution < -0.4 is 9.64 Å². The third-order valence-corrected chi connectivity index (χ3v) is 6.40. The molecule has 0 N–H and O–H groups in total. The summed E-state index contributed by atoms with van der Waals surface area (Å²) in [5.74, 6) is 0.479. The summed E-state index contributed by atoms with van der Waals surface area (Å²) in [5, 5.41) is 0. The normalized spacial score (nSPS) is 19.7. The summed E-state index contributed by atoms with van der Waals surface area (Å²) in [5.41, 5.74) is 2.88. The Morgan fingerprint density at radius 1 is 1.12 bits per heavy atom. The molecule has 1 unspecified atom stereocenters. The third kappa shape index (κ3) is 3.93. The molecule has 0 saturated carbocycles. The Labute approximate surface area is 187 Å². The second kappa shape index (κ2) is 8.63. The van der Waals surface area contributed by atoms with Gasteiger partial charge in [0.15, 0.2) is 0 Å². The first-order valence-corrected chi connectivity index (χ1v) is 11.0. The monoisotopic (exact) mass is 433 g/mol. The molecule has 2 fully saturated rings. The van der Waals surface area contributed by atoms with Crippen LogP contribution in [0, 0.1) is 5.92 Å². The standard InChI is InChI=1S/C24H27N5O3/c1-32-21-6-4-5-19(14-21)29-16-18(13-23(29)30)24(31)27-11-9-26(10-12-27)17-20-15-25-22-7-2-3-8-28(20)22/h2-8,14-15,18H,9-13,16-17H2,1H3. The van der Waals surface area contributed by atoms with E-state index in [1.807, 2.05) is 59.8 Å². The van der Waals surface area contributed by atoms with Crippen molar-refractivity contribution in [2.75, 3.05) is 44.7 Å². The molecule has 8 heteroatoms. The summed E-state index contributed by atoms with van der Waals surface area (Å²) >= 11 is 0. The Balaban J connectivity index is 1.18. The van der Waals surface area contributed by atoms with Gasteiger partial charge in [-0.3, -0.25) is 14.5 Å². The minimum atomic E-state index is -0.293. The quantitative estimate of drug-likeness (QED) is 0.616. The number of imidazole rings is 1. The van der Waals surface area contributed by atoms with Crippen molar-refractivity contribution in [2.24, 2.45) is 5.92 Å². The van der Waals surface area contributed by atoms with Gasteiger partial charge in [-0.25, -0.2) is 4.98 Å². The van der Waals surface area contributed by atoms with Crippen LogP contribution in [0.5, 0.6) is 5.75 Å². The fourth-order valence-electron chi connectivity index (χ4n) is 4.62. The van der Waals surface area contributed by atoms with Crippen molar-refractivity contribution in [2.45, 2.75) is 13.0 Å². The van der Waals surface area contributed by atoms with Gasteiger partial charge in [-0.15, -0.1) is 0 Å². The van der Waals surface area contributed by atoms with Crippen LogP contribution in [0.4, 0.5) is 5.69 Å². The molecule has 1 aromatic carbocycles. The van der Waals surface area contributed by atoms with Gasteiger partial charge in [0.1, 0.15) is 11.4 Å². The number of fused-ring (bicyclic) bond motifs is 1. The molecule has 1 atom stereocenters. The van der Waals surface area contributed by atoms with Crippen LogP contribution in [-0.4, -0.2) is 70.8 Å². The molecule has 0 aliphatic carbocycles.